The van der Waals surface area contributed by atoms with Gasteiger partial charge in [0.2, 0.25) is 0 Å². The summed E-state index contributed by atoms with van der Waals surface area (Å²) in [4.78, 5) is 25.9. The van der Waals surface area contributed by atoms with E-state index < -0.39 is 11.8 Å². The van der Waals surface area contributed by atoms with Gasteiger partial charge in [-0.05, 0) is 59.7 Å². The number of nitrogens with zero attached hydrogens (tertiary/aromatic N) is 2. The van der Waals surface area contributed by atoms with Crippen LogP contribution in [0.25, 0.3) is 16.6 Å². The van der Waals surface area contributed by atoms with Gasteiger partial charge in [-0.25, -0.2) is 0 Å². The van der Waals surface area contributed by atoms with Crippen LogP contribution in [-0.4, -0.2) is 34.7 Å². The highest BCUT2D eigenvalue weighted by Gasteiger charge is 2.21. The van der Waals surface area contributed by atoms with Crippen LogP contribution in [0.2, 0.25) is 0 Å². The van der Waals surface area contributed by atoms with Crippen molar-refractivity contribution in [2.45, 2.75) is 6.42 Å². The average molecular weight is 460 g/mol. The molecule has 0 amide bonds. The number of carboxylic acids is 1. The molecule has 8 heteroatoms. The zero-order chi connectivity index (χ0) is 23.4. The molecule has 0 atom stereocenters. The fraction of sp³-hybridized carbons (Fsp3) is 0.120. The number of allylic oxidation sites excluding steroid dienone is 1. The highest BCUT2D eigenvalue weighted by Crippen LogP contribution is 2.28. The van der Waals surface area contributed by atoms with Crippen molar-refractivity contribution in [1.82, 2.24) is 8.75 Å². The number of Topliss-reactive ketones (excluding diaryl/α,β-unsaturated/α-hetero) is 1. The van der Waals surface area contributed by atoms with Crippen molar-refractivity contribution in [3.63, 3.8) is 0 Å². The molecule has 0 aliphatic rings. The number of carbonyl (C=O) groups is 2. The van der Waals surface area contributed by atoms with E-state index >= 15 is 0 Å². The number of rotatable bonds is 8. The Morgan fingerprint density at radius 3 is 2.00 bits per heavy atom. The van der Waals surface area contributed by atoms with Gasteiger partial charge in [-0.1, -0.05) is 18.2 Å². The molecule has 0 fully saturated rings. The van der Waals surface area contributed by atoms with Gasteiger partial charge in [-0.3, -0.25) is 4.79 Å². The van der Waals surface area contributed by atoms with Crippen LogP contribution < -0.4 is 14.6 Å². The van der Waals surface area contributed by atoms with Crippen molar-refractivity contribution in [3.05, 3.63) is 89.0 Å². The van der Waals surface area contributed by atoms with E-state index in [4.69, 9.17) is 9.47 Å². The van der Waals surface area contributed by atoms with Crippen molar-refractivity contribution in [2.24, 2.45) is 0 Å². The molecule has 1 aromatic heterocycles. The van der Waals surface area contributed by atoms with E-state index in [1.54, 1.807) is 73.8 Å². The van der Waals surface area contributed by atoms with E-state index in [0.717, 1.165) is 17.3 Å². The minimum atomic E-state index is -1.44. The van der Waals surface area contributed by atoms with Gasteiger partial charge < -0.3 is 19.4 Å². The Morgan fingerprint density at radius 1 is 0.818 bits per heavy atom. The van der Waals surface area contributed by atoms with Crippen molar-refractivity contribution in [1.29, 1.82) is 0 Å². The van der Waals surface area contributed by atoms with Crippen molar-refractivity contribution in [3.8, 4) is 11.5 Å². The summed E-state index contributed by atoms with van der Waals surface area (Å²) >= 11 is 1.03. The van der Waals surface area contributed by atoms with Crippen molar-refractivity contribution < 1.29 is 24.2 Å². The smallest absolute Gasteiger partial charge is 0.190 e. The molecule has 0 aliphatic heterocycles. The first kappa shape index (κ1) is 22.2. The summed E-state index contributed by atoms with van der Waals surface area (Å²) in [6.07, 6.45) is 0.0888. The molecule has 0 saturated heterocycles. The lowest BCUT2D eigenvalue weighted by Gasteiger charge is -2.17. The first-order chi connectivity index (χ1) is 16.0. The predicted octanol–water partition coefficient (Wildman–Crippen LogP) is 3.34. The van der Waals surface area contributed by atoms with E-state index in [0.29, 0.717) is 33.7 Å². The first-order valence-electron chi connectivity index (χ1n) is 9.99. The number of ether oxygens (including phenoxy) is 2. The van der Waals surface area contributed by atoms with Gasteiger partial charge in [0, 0.05) is 23.1 Å². The Bertz CT molecular complexity index is 1340. The summed E-state index contributed by atoms with van der Waals surface area (Å²) < 4.78 is 18.7. The van der Waals surface area contributed by atoms with Gasteiger partial charge in [-0.15, -0.1) is 0 Å². The van der Waals surface area contributed by atoms with E-state index in [-0.39, 0.29) is 17.6 Å². The van der Waals surface area contributed by atoms with Crippen LogP contribution in [0.4, 0.5) is 0 Å². The van der Waals surface area contributed by atoms with Crippen LogP contribution in [-0.2, 0) is 11.2 Å². The number of benzene rings is 3. The fourth-order valence-electron chi connectivity index (χ4n) is 3.50. The van der Waals surface area contributed by atoms with E-state index in [1.807, 2.05) is 0 Å². The summed E-state index contributed by atoms with van der Waals surface area (Å²) in [6.45, 7) is 0. The molecule has 0 radical (unpaired) electrons. The number of hydrogen-bond acceptors (Lipinski definition) is 8. The van der Waals surface area contributed by atoms with Crippen LogP contribution >= 0.6 is 11.7 Å². The predicted molar refractivity (Wildman–Crippen MR) is 123 cm³/mol. The second kappa shape index (κ2) is 9.62. The number of carbonyl (C=O) groups excluding carboxylic acids is 2. The second-order valence-corrected chi connectivity index (χ2v) is 7.72. The van der Waals surface area contributed by atoms with Crippen LogP contribution in [0.15, 0.2) is 72.3 Å². The van der Waals surface area contributed by atoms with Crippen LogP contribution in [0.5, 0.6) is 11.5 Å². The van der Waals surface area contributed by atoms with Gasteiger partial charge in [0.25, 0.3) is 0 Å². The molecular weight excluding hydrogens is 440 g/mol. The zero-order valence-corrected chi connectivity index (χ0v) is 18.7. The largest absolute Gasteiger partial charge is 0.545 e. The summed E-state index contributed by atoms with van der Waals surface area (Å²) in [7, 11) is 3.09. The molecule has 0 aliphatic carbocycles. The number of methoxy groups -OCH3 is 2. The highest BCUT2D eigenvalue weighted by atomic mass is 32.1. The van der Waals surface area contributed by atoms with Gasteiger partial charge in [-0.2, -0.15) is 8.75 Å². The lowest BCUT2D eigenvalue weighted by atomic mass is 9.89. The van der Waals surface area contributed by atoms with E-state index in [2.05, 4.69) is 8.75 Å². The number of carboxylic acid groups (broad SMARTS) is 1. The third-order valence-corrected chi connectivity index (χ3v) is 5.77. The van der Waals surface area contributed by atoms with Gasteiger partial charge in [0.1, 0.15) is 22.5 Å². The van der Waals surface area contributed by atoms with Crippen LogP contribution in [0.3, 0.4) is 0 Å². The SMILES string of the molecule is COc1ccc(C/C(C(=O)c2ccc(OC)cc2)=C(/C(=O)[O-])c2ccc3nsnc3c2)cc1. The molecule has 0 N–H and O–H groups in total. The number of fused-ring (bicyclic) bond motifs is 1. The standard InChI is InChI=1S/C25H20N2O5S/c1-31-18-8-3-15(4-9-18)13-20(24(28)16-5-10-19(32-2)11-6-16)23(25(29)30)17-7-12-21-22(14-17)27-33-26-21/h3-12,14H,13H2,1-2H3,(H,29,30)/p-1/b23-20-. The Balaban J connectivity index is 1.87. The minimum Gasteiger partial charge on any atom is -0.545 e. The normalized spacial score (nSPS) is 11.7. The topological polar surface area (TPSA) is 101 Å². The molecule has 3 aromatic carbocycles. The average Bonchev–Trinajstić information content (AvgIpc) is 3.31. The first-order valence-corrected chi connectivity index (χ1v) is 10.7. The molecule has 0 saturated carbocycles. The minimum absolute atomic E-state index is 0.0888. The van der Waals surface area contributed by atoms with Gasteiger partial charge >= 0.3 is 0 Å². The molecule has 1 heterocycles. The molecule has 0 spiro atoms. The molecule has 166 valence electrons. The summed E-state index contributed by atoms with van der Waals surface area (Å²) in [5.41, 5.74) is 2.56. The Labute approximate surface area is 194 Å². The zero-order valence-electron chi connectivity index (χ0n) is 17.9. The molecular formula is C25H19N2O5S-. The maximum Gasteiger partial charge on any atom is 0.190 e. The number of hydrogen-bond donors (Lipinski definition) is 0. The Morgan fingerprint density at radius 2 is 1.39 bits per heavy atom. The number of aromatic nitrogens is 2. The summed E-state index contributed by atoms with van der Waals surface area (Å²) in [5.74, 6) is -0.603. The third kappa shape index (κ3) is 4.75. The van der Waals surface area contributed by atoms with Crippen LogP contribution in [0, 0.1) is 0 Å². The molecule has 4 aromatic rings. The van der Waals surface area contributed by atoms with Gasteiger partial charge in [0.05, 0.1) is 31.9 Å². The quantitative estimate of drug-likeness (QED) is 0.294. The number of ketones is 1. The molecule has 7 nitrogen and oxygen atoms in total. The van der Waals surface area contributed by atoms with Crippen molar-refractivity contribution >= 4 is 40.1 Å². The van der Waals surface area contributed by atoms with E-state index in [9.17, 15) is 14.7 Å². The monoisotopic (exact) mass is 459 g/mol. The third-order valence-electron chi connectivity index (χ3n) is 5.21. The molecule has 33 heavy (non-hydrogen) atoms. The Hall–Kier alpha value is -4.04. The summed E-state index contributed by atoms with van der Waals surface area (Å²) in [6, 6.07) is 18.5. The van der Waals surface area contributed by atoms with Crippen molar-refractivity contribution in [2.75, 3.05) is 14.2 Å². The fourth-order valence-corrected chi connectivity index (χ4v) is 4.02. The molecule has 0 unspecified atom stereocenters. The summed E-state index contributed by atoms with van der Waals surface area (Å²) in [5, 5.41) is 12.3. The van der Waals surface area contributed by atoms with Gasteiger partial charge in [0.15, 0.2) is 5.78 Å². The molecule has 0 bridgehead atoms. The lowest BCUT2D eigenvalue weighted by molar-refractivity contribution is -0.295. The molecule has 4 rings (SSSR count). The van der Waals surface area contributed by atoms with E-state index in [1.165, 1.54) is 7.11 Å². The number of aliphatic carboxylic acids is 1. The lowest BCUT2D eigenvalue weighted by Crippen LogP contribution is -2.27. The van der Waals surface area contributed by atoms with Crippen LogP contribution in [0.1, 0.15) is 21.5 Å². The maximum absolute atomic E-state index is 13.6. The second-order valence-electron chi connectivity index (χ2n) is 7.19. The highest BCUT2D eigenvalue weighted by molar-refractivity contribution is 7.00. The maximum atomic E-state index is 13.6. The Kier molecular flexibility index (Phi) is 6.46.